The summed E-state index contributed by atoms with van der Waals surface area (Å²) in [5.41, 5.74) is 3.73. The van der Waals surface area contributed by atoms with E-state index in [4.69, 9.17) is 0 Å². The number of aromatic amines is 1. The number of fused-ring (bicyclic) bond motifs is 1. The van der Waals surface area contributed by atoms with Crippen molar-refractivity contribution >= 4 is 11.6 Å². The van der Waals surface area contributed by atoms with Gasteiger partial charge < -0.3 is 9.88 Å². The number of hydrogen-bond acceptors (Lipinski definition) is 3. The lowest BCUT2D eigenvalue weighted by atomic mass is 9.84. The van der Waals surface area contributed by atoms with Gasteiger partial charge in [-0.05, 0) is 36.3 Å². The van der Waals surface area contributed by atoms with Crippen molar-refractivity contribution in [3.8, 4) is 11.3 Å². The molecule has 1 aromatic carbocycles. The van der Waals surface area contributed by atoms with Crippen molar-refractivity contribution in [2.24, 2.45) is 0 Å². The summed E-state index contributed by atoms with van der Waals surface area (Å²) in [5.74, 6) is 0.585. The Morgan fingerprint density at radius 3 is 2.46 bits per heavy atom. The standard InChI is InChI=1S/C22H24N4O2/c27-20-13-19(17-9-7-16(8-10-17)15-5-2-1-3-6-15)24-21-18(14-23-26(20)21)22(28)25-11-4-12-25/h7-10,13-15,24H,1-6,11-12H2. The zero-order valence-electron chi connectivity index (χ0n) is 15.9. The monoisotopic (exact) mass is 376 g/mol. The number of carbonyl (C=O) groups excluding carboxylic acids is 1. The van der Waals surface area contributed by atoms with Crippen molar-refractivity contribution in [3.63, 3.8) is 0 Å². The van der Waals surface area contributed by atoms with Gasteiger partial charge in [-0.1, -0.05) is 43.5 Å². The van der Waals surface area contributed by atoms with Gasteiger partial charge in [0.15, 0.2) is 5.65 Å². The quantitative estimate of drug-likeness (QED) is 0.759. The molecule has 3 heterocycles. The highest BCUT2D eigenvalue weighted by Crippen LogP contribution is 2.33. The van der Waals surface area contributed by atoms with E-state index in [0.29, 0.717) is 22.8 Å². The molecule has 2 aromatic heterocycles. The van der Waals surface area contributed by atoms with Gasteiger partial charge in [-0.2, -0.15) is 9.61 Å². The fourth-order valence-electron chi connectivity index (χ4n) is 4.36. The Labute approximate surface area is 163 Å². The van der Waals surface area contributed by atoms with Crippen LogP contribution in [0.15, 0.2) is 41.3 Å². The van der Waals surface area contributed by atoms with Crippen LogP contribution in [-0.4, -0.2) is 38.5 Å². The third-order valence-corrected chi connectivity index (χ3v) is 6.17. The van der Waals surface area contributed by atoms with Gasteiger partial charge in [0.1, 0.15) is 5.56 Å². The van der Waals surface area contributed by atoms with Crippen molar-refractivity contribution in [3.05, 3.63) is 58.0 Å². The van der Waals surface area contributed by atoms with E-state index in [1.807, 2.05) is 0 Å². The average Bonchev–Trinajstić information content (AvgIpc) is 3.12. The molecule has 2 fully saturated rings. The van der Waals surface area contributed by atoms with Gasteiger partial charge >= 0.3 is 0 Å². The average molecular weight is 376 g/mol. The van der Waals surface area contributed by atoms with Gasteiger partial charge in [0.05, 0.1) is 11.9 Å². The van der Waals surface area contributed by atoms with Crippen LogP contribution in [0, 0.1) is 0 Å². The Morgan fingerprint density at radius 1 is 1.04 bits per heavy atom. The largest absolute Gasteiger partial charge is 0.339 e. The fourth-order valence-corrected chi connectivity index (χ4v) is 4.36. The van der Waals surface area contributed by atoms with E-state index < -0.39 is 0 Å². The third-order valence-electron chi connectivity index (χ3n) is 6.17. The highest BCUT2D eigenvalue weighted by molar-refractivity contribution is 6.00. The maximum Gasteiger partial charge on any atom is 0.274 e. The second-order valence-corrected chi connectivity index (χ2v) is 7.94. The van der Waals surface area contributed by atoms with Crippen molar-refractivity contribution in [1.29, 1.82) is 0 Å². The van der Waals surface area contributed by atoms with Gasteiger partial charge in [0.2, 0.25) is 0 Å². The van der Waals surface area contributed by atoms with Crippen LogP contribution in [0.2, 0.25) is 0 Å². The number of aromatic nitrogens is 3. The number of rotatable bonds is 3. The van der Waals surface area contributed by atoms with Gasteiger partial charge in [-0.25, -0.2) is 0 Å². The molecule has 3 aromatic rings. The summed E-state index contributed by atoms with van der Waals surface area (Å²) in [6.07, 6.45) is 9.01. The third kappa shape index (κ3) is 2.93. The smallest absolute Gasteiger partial charge is 0.274 e. The minimum Gasteiger partial charge on any atom is -0.339 e. The number of amides is 1. The molecule has 0 spiro atoms. The molecule has 1 aliphatic carbocycles. The molecule has 1 aliphatic heterocycles. The first-order valence-corrected chi connectivity index (χ1v) is 10.2. The van der Waals surface area contributed by atoms with Crippen LogP contribution >= 0.6 is 0 Å². The number of likely N-dealkylation sites (tertiary alicyclic amines) is 1. The van der Waals surface area contributed by atoms with Gasteiger partial charge in [0, 0.05) is 19.2 Å². The van der Waals surface area contributed by atoms with Gasteiger partial charge in [0.25, 0.3) is 11.5 Å². The summed E-state index contributed by atoms with van der Waals surface area (Å²) in [5, 5.41) is 4.12. The Bertz CT molecular complexity index is 1070. The maximum absolute atomic E-state index is 12.6. The SMILES string of the molecule is O=C(c1cnn2c(=O)cc(-c3ccc(C4CCCCC4)cc3)[nH]c12)N1CCC1. The first-order valence-electron chi connectivity index (χ1n) is 10.2. The summed E-state index contributed by atoms with van der Waals surface area (Å²) in [6, 6.07) is 10.0. The second-order valence-electron chi connectivity index (χ2n) is 7.94. The molecule has 1 saturated heterocycles. The first-order chi connectivity index (χ1) is 13.7. The predicted octanol–water partition coefficient (Wildman–Crippen LogP) is 3.58. The summed E-state index contributed by atoms with van der Waals surface area (Å²) >= 11 is 0. The number of H-pyrrole nitrogens is 1. The zero-order chi connectivity index (χ0) is 19.1. The predicted molar refractivity (Wildman–Crippen MR) is 108 cm³/mol. The minimum atomic E-state index is -0.234. The van der Waals surface area contributed by atoms with E-state index in [0.717, 1.165) is 25.1 Å². The molecule has 0 bridgehead atoms. The van der Waals surface area contributed by atoms with Crippen LogP contribution in [0.25, 0.3) is 16.9 Å². The van der Waals surface area contributed by atoms with Gasteiger partial charge in [-0.3, -0.25) is 9.59 Å². The number of hydrogen-bond donors (Lipinski definition) is 1. The molecule has 1 N–H and O–H groups in total. The van der Waals surface area contributed by atoms with Gasteiger partial charge in [-0.15, -0.1) is 0 Å². The van der Waals surface area contributed by atoms with E-state index in [9.17, 15) is 9.59 Å². The lowest BCUT2D eigenvalue weighted by Crippen LogP contribution is -2.42. The fraction of sp³-hybridized carbons (Fsp3) is 0.409. The highest BCUT2D eigenvalue weighted by atomic mass is 16.2. The van der Waals surface area contributed by atoms with Crippen LogP contribution in [0.1, 0.15) is 60.4 Å². The van der Waals surface area contributed by atoms with Crippen molar-refractivity contribution in [2.45, 2.75) is 44.4 Å². The first kappa shape index (κ1) is 17.2. The maximum atomic E-state index is 12.6. The molecule has 28 heavy (non-hydrogen) atoms. The molecule has 6 nitrogen and oxygen atoms in total. The molecule has 0 atom stereocenters. The number of benzene rings is 1. The Balaban J connectivity index is 1.50. The van der Waals surface area contributed by atoms with E-state index in [1.54, 1.807) is 11.0 Å². The summed E-state index contributed by atoms with van der Waals surface area (Å²) in [7, 11) is 0. The molecule has 144 valence electrons. The van der Waals surface area contributed by atoms with Crippen LogP contribution in [0.4, 0.5) is 0 Å². The lowest BCUT2D eigenvalue weighted by molar-refractivity contribution is 0.0653. The molecule has 2 aliphatic rings. The van der Waals surface area contributed by atoms with Crippen LogP contribution < -0.4 is 5.56 Å². The van der Waals surface area contributed by atoms with Crippen LogP contribution in [-0.2, 0) is 0 Å². The van der Waals surface area contributed by atoms with E-state index in [-0.39, 0.29) is 11.5 Å². The molecule has 5 rings (SSSR count). The Hall–Kier alpha value is -2.89. The molecular formula is C22H24N4O2. The molecular weight excluding hydrogens is 352 g/mol. The topological polar surface area (TPSA) is 70.5 Å². The molecule has 0 radical (unpaired) electrons. The Morgan fingerprint density at radius 2 is 1.79 bits per heavy atom. The number of nitrogens with zero attached hydrogens (tertiary/aromatic N) is 3. The molecule has 0 unspecified atom stereocenters. The zero-order valence-corrected chi connectivity index (χ0v) is 15.9. The normalized spacial score (nSPS) is 17.6. The second kappa shape index (κ2) is 6.93. The molecule has 1 saturated carbocycles. The van der Waals surface area contributed by atoms with Crippen LogP contribution in [0.5, 0.6) is 0 Å². The molecule has 1 amide bonds. The van der Waals surface area contributed by atoms with Crippen molar-refractivity contribution in [2.75, 3.05) is 13.1 Å². The summed E-state index contributed by atoms with van der Waals surface area (Å²) in [6.45, 7) is 1.53. The van der Waals surface area contributed by atoms with Crippen molar-refractivity contribution < 1.29 is 4.79 Å². The number of carbonyl (C=O) groups is 1. The summed E-state index contributed by atoms with van der Waals surface area (Å²) < 4.78 is 1.27. The summed E-state index contributed by atoms with van der Waals surface area (Å²) in [4.78, 5) is 30.2. The van der Waals surface area contributed by atoms with E-state index in [1.165, 1.54) is 48.4 Å². The lowest BCUT2D eigenvalue weighted by Gasteiger charge is -2.30. The molecule has 6 heteroatoms. The Kier molecular flexibility index (Phi) is 4.26. The van der Waals surface area contributed by atoms with E-state index in [2.05, 4.69) is 34.3 Å². The van der Waals surface area contributed by atoms with Crippen LogP contribution in [0.3, 0.4) is 0 Å². The minimum absolute atomic E-state index is 0.0679. The highest BCUT2D eigenvalue weighted by Gasteiger charge is 2.25. The number of nitrogens with one attached hydrogen (secondary N) is 1. The van der Waals surface area contributed by atoms with Crippen molar-refractivity contribution in [1.82, 2.24) is 19.5 Å². The van der Waals surface area contributed by atoms with E-state index >= 15 is 0 Å².